The van der Waals surface area contributed by atoms with Gasteiger partial charge in [0.2, 0.25) is 0 Å². The van der Waals surface area contributed by atoms with E-state index in [0.29, 0.717) is 21.2 Å². The summed E-state index contributed by atoms with van der Waals surface area (Å²) < 4.78 is 18.9. The van der Waals surface area contributed by atoms with Crippen LogP contribution >= 0.6 is 11.3 Å². The number of aromatic nitrogens is 3. The maximum absolute atomic E-state index is 13.2. The second kappa shape index (κ2) is 6.02. The fourth-order valence-corrected chi connectivity index (χ4v) is 2.73. The Morgan fingerprint density at radius 1 is 1.45 bits per heavy atom. The first-order valence-electron chi connectivity index (χ1n) is 6.47. The van der Waals surface area contributed by atoms with Gasteiger partial charge in [-0.15, -0.1) is 0 Å². The van der Waals surface area contributed by atoms with Gasteiger partial charge in [-0.25, -0.2) is 24.1 Å². The fraction of sp³-hybridized carbons (Fsp3) is 0.143. The van der Waals surface area contributed by atoms with Gasteiger partial charge in [-0.2, -0.15) is 0 Å². The Labute approximate surface area is 129 Å². The molecule has 2 heterocycles. The van der Waals surface area contributed by atoms with Crippen LogP contribution in [0.4, 0.5) is 15.3 Å². The molecule has 0 bridgehead atoms. The number of hydrogen-bond donors (Lipinski definition) is 1. The van der Waals surface area contributed by atoms with E-state index in [0.717, 1.165) is 0 Å². The van der Waals surface area contributed by atoms with Crippen molar-refractivity contribution in [2.45, 2.75) is 6.92 Å². The van der Waals surface area contributed by atoms with Gasteiger partial charge in [0.15, 0.2) is 5.13 Å². The molecule has 0 fully saturated rings. The molecule has 0 aliphatic heterocycles. The lowest BCUT2D eigenvalue weighted by molar-refractivity contribution is 0.0526. The Morgan fingerprint density at radius 3 is 3.14 bits per heavy atom. The molecule has 0 atom stereocenters. The first-order chi connectivity index (χ1) is 10.7. The number of rotatable bonds is 4. The molecule has 6 nitrogen and oxygen atoms in total. The van der Waals surface area contributed by atoms with Crippen molar-refractivity contribution in [3.8, 4) is 0 Å². The zero-order valence-electron chi connectivity index (χ0n) is 11.5. The van der Waals surface area contributed by atoms with Gasteiger partial charge in [0.05, 0.1) is 16.8 Å². The Bertz CT molecular complexity index is 837. The average molecular weight is 318 g/mol. The molecule has 3 rings (SSSR count). The van der Waals surface area contributed by atoms with Crippen LogP contribution in [0.2, 0.25) is 0 Å². The SMILES string of the molecule is CCOC(=O)c1cncnc1Nc1nc2ccc(F)cc2s1. The zero-order valence-corrected chi connectivity index (χ0v) is 12.4. The van der Waals surface area contributed by atoms with Gasteiger partial charge in [0.1, 0.15) is 23.5 Å². The monoisotopic (exact) mass is 318 g/mol. The Kier molecular flexibility index (Phi) is 3.92. The second-order valence-electron chi connectivity index (χ2n) is 4.26. The van der Waals surface area contributed by atoms with Crippen molar-refractivity contribution in [2.75, 3.05) is 11.9 Å². The molecule has 8 heteroatoms. The number of ether oxygens (including phenoxy) is 1. The number of carbonyl (C=O) groups excluding carboxylic acids is 1. The van der Waals surface area contributed by atoms with E-state index in [1.165, 1.54) is 36.0 Å². The second-order valence-corrected chi connectivity index (χ2v) is 5.29. The van der Waals surface area contributed by atoms with Crippen LogP contribution in [-0.4, -0.2) is 27.5 Å². The van der Waals surface area contributed by atoms with Crippen molar-refractivity contribution in [2.24, 2.45) is 0 Å². The van der Waals surface area contributed by atoms with Crippen molar-refractivity contribution in [3.05, 3.63) is 42.1 Å². The molecule has 0 saturated heterocycles. The van der Waals surface area contributed by atoms with Gasteiger partial charge >= 0.3 is 5.97 Å². The molecule has 0 aliphatic rings. The zero-order chi connectivity index (χ0) is 15.5. The number of nitrogens with one attached hydrogen (secondary N) is 1. The summed E-state index contributed by atoms with van der Waals surface area (Å²) in [4.78, 5) is 24.0. The lowest BCUT2D eigenvalue weighted by Gasteiger charge is -2.07. The number of esters is 1. The molecule has 0 amide bonds. The van der Waals surface area contributed by atoms with Crippen molar-refractivity contribution in [3.63, 3.8) is 0 Å². The number of nitrogens with zero attached hydrogens (tertiary/aromatic N) is 3. The van der Waals surface area contributed by atoms with Crippen LogP contribution in [0.1, 0.15) is 17.3 Å². The number of hydrogen-bond acceptors (Lipinski definition) is 7. The van der Waals surface area contributed by atoms with E-state index in [-0.39, 0.29) is 18.0 Å². The third-order valence-electron chi connectivity index (χ3n) is 2.78. The van der Waals surface area contributed by atoms with Crippen LogP contribution in [0.5, 0.6) is 0 Å². The molecule has 22 heavy (non-hydrogen) atoms. The van der Waals surface area contributed by atoms with E-state index in [1.807, 2.05) is 0 Å². The van der Waals surface area contributed by atoms with E-state index in [1.54, 1.807) is 13.0 Å². The standard InChI is InChI=1S/C14H11FN4O2S/c1-2-21-13(20)9-6-16-7-17-12(9)19-14-18-10-4-3-8(15)5-11(10)22-14/h3-7H,2H2,1H3,(H,16,17,18,19). The highest BCUT2D eigenvalue weighted by atomic mass is 32.1. The van der Waals surface area contributed by atoms with Crippen LogP contribution in [0.3, 0.4) is 0 Å². The van der Waals surface area contributed by atoms with Gasteiger partial charge in [0.25, 0.3) is 0 Å². The third kappa shape index (κ3) is 2.86. The molecule has 3 aromatic rings. The first kappa shape index (κ1) is 14.3. The maximum Gasteiger partial charge on any atom is 0.343 e. The Hall–Kier alpha value is -2.61. The lowest BCUT2D eigenvalue weighted by Crippen LogP contribution is -2.09. The van der Waals surface area contributed by atoms with E-state index in [2.05, 4.69) is 20.3 Å². The van der Waals surface area contributed by atoms with Crippen LogP contribution < -0.4 is 5.32 Å². The van der Waals surface area contributed by atoms with E-state index in [4.69, 9.17) is 4.74 Å². The molecule has 0 saturated carbocycles. The highest BCUT2D eigenvalue weighted by Gasteiger charge is 2.15. The number of benzene rings is 1. The third-order valence-corrected chi connectivity index (χ3v) is 3.72. The minimum Gasteiger partial charge on any atom is -0.462 e. The normalized spacial score (nSPS) is 10.6. The summed E-state index contributed by atoms with van der Waals surface area (Å²) in [6, 6.07) is 4.35. The number of fused-ring (bicyclic) bond motifs is 1. The first-order valence-corrected chi connectivity index (χ1v) is 7.29. The van der Waals surface area contributed by atoms with Crippen LogP contribution in [0.15, 0.2) is 30.7 Å². The lowest BCUT2D eigenvalue weighted by atomic mass is 10.3. The summed E-state index contributed by atoms with van der Waals surface area (Å²) in [7, 11) is 0. The Morgan fingerprint density at radius 2 is 2.32 bits per heavy atom. The highest BCUT2D eigenvalue weighted by Crippen LogP contribution is 2.29. The average Bonchev–Trinajstić information content (AvgIpc) is 2.89. The summed E-state index contributed by atoms with van der Waals surface area (Å²) in [5.41, 5.74) is 0.885. The quantitative estimate of drug-likeness (QED) is 0.745. The van der Waals surface area contributed by atoms with E-state index >= 15 is 0 Å². The van der Waals surface area contributed by atoms with Gasteiger partial charge in [-0.05, 0) is 25.1 Å². The molecule has 1 aromatic carbocycles. The minimum absolute atomic E-state index is 0.217. The van der Waals surface area contributed by atoms with Gasteiger partial charge in [-0.1, -0.05) is 11.3 Å². The summed E-state index contributed by atoms with van der Waals surface area (Å²) in [5.74, 6) is -0.539. The van der Waals surface area contributed by atoms with Crippen LogP contribution in [0.25, 0.3) is 10.2 Å². The predicted octanol–water partition coefficient (Wildman–Crippen LogP) is 3.15. The molecule has 112 valence electrons. The van der Waals surface area contributed by atoms with Gasteiger partial charge < -0.3 is 10.1 Å². The molecular formula is C14H11FN4O2S. The summed E-state index contributed by atoms with van der Waals surface area (Å²) in [5, 5.41) is 3.46. The summed E-state index contributed by atoms with van der Waals surface area (Å²) in [6.07, 6.45) is 2.69. The molecular weight excluding hydrogens is 307 g/mol. The van der Waals surface area contributed by atoms with Crippen molar-refractivity contribution >= 4 is 38.5 Å². The maximum atomic E-state index is 13.2. The number of thiazole rings is 1. The predicted molar refractivity (Wildman–Crippen MR) is 80.8 cm³/mol. The smallest absolute Gasteiger partial charge is 0.343 e. The molecule has 0 aliphatic carbocycles. The summed E-state index contributed by atoms with van der Waals surface area (Å²) in [6.45, 7) is 1.98. The molecule has 0 radical (unpaired) electrons. The largest absolute Gasteiger partial charge is 0.462 e. The van der Waals surface area contributed by atoms with Gasteiger partial charge in [-0.3, -0.25) is 0 Å². The highest BCUT2D eigenvalue weighted by molar-refractivity contribution is 7.22. The molecule has 0 unspecified atom stereocenters. The summed E-state index contributed by atoms with van der Waals surface area (Å²) >= 11 is 1.27. The van der Waals surface area contributed by atoms with Crippen molar-refractivity contribution in [1.29, 1.82) is 0 Å². The number of anilines is 2. The fourth-order valence-electron chi connectivity index (χ4n) is 1.84. The molecule has 1 N–H and O–H groups in total. The van der Waals surface area contributed by atoms with E-state index in [9.17, 15) is 9.18 Å². The molecule has 2 aromatic heterocycles. The molecule has 0 spiro atoms. The van der Waals surface area contributed by atoms with Crippen LogP contribution in [0, 0.1) is 5.82 Å². The van der Waals surface area contributed by atoms with Crippen LogP contribution in [-0.2, 0) is 4.74 Å². The van der Waals surface area contributed by atoms with Gasteiger partial charge in [0, 0.05) is 6.20 Å². The number of carbonyl (C=O) groups is 1. The number of halogens is 1. The van der Waals surface area contributed by atoms with E-state index < -0.39 is 5.97 Å². The minimum atomic E-state index is -0.516. The van der Waals surface area contributed by atoms with Crippen molar-refractivity contribution < 1.29 is 13.9 Å². The van der Waals surface area contributed by atoms with Crippen molar-refractivity contribution in [1.82, 2.24) is 15.0 Å². The topological polar surface area (TPSA) is 77.0 Å². The Balaban J connectivity index is 1.93.